The van der Waals surface area contributed by atoms with E-state index in [1.165, 1.54) is 30.0 Å². The lowest BCUT2D eigenvalue weighted by Crippen LogP contribution is -2.31. The number of nitrogens with zero attached hydrogens (tertiary/aromatic N) is 3. The minimum Gasteiger partial charge on any atom is -0.497 e. The molecule has 0 saturated carbocycles. The highest BCUT2D eigenvalue weighted by Gasteiger charge is 2.23. The highest BCUT2D eigenvalue weighted by atomic mass is 35.5. The summed E-state index contributed by atoms with van der Waals surface area (Å²) in [5.74, 6) is 1.12. The largest absolute Gasteiger partial charge is 0.497 e. The first kappa shape index (κ1) is 27.8. The third kappa shape index (κ3) is 7.37. The van der Waals surface area contributed by atoms with Crippen LogP contribution < -0.4 is 15.4 Å². The fraction of sp³-hybridized carbons (Fsp3) is 0.333. The maximum Gasteiger partial charge on any atom is 0.251 e. The molecular formula is C24H27ClFN5O3S2. The van der Waals surface area contributed by atoms with Gasteiger partial charge >= 0.3 is 0 Å². The number of carbonyl (C=O) groups excluding carboxylic acids is 2. The third-order valence-corrected chi connectivity index (χ3v) is 7.08. The number of rotatable bonds is 12. The molecule has 3 rings (SSSR count). The molecule has 0 bridgehead atoms. The van der Waals surface area contributed by atoms with Gasteiger partial charge in [0.25, 0.3) is 5.91 Å². The predicted octanol–water partition coefficient (Wildman–Crippen LogP) is 5.05. The maximum atomic E-state index is 13.3. The van der Waals surface area contributed by atoms with E-state index < -0.39 is 5.82 Å². The summed E-state index contributed by atoms with van der Waals surface area (Å²) < 4.78 is 20.4. The van der Waals surface area contributed by atoms with E-state index in [0.29, 0.717) is 40.9 Å². The van der Waals surface area contributed by atoms with Crippen LogP contribution in [0.4, 0.5) is 10.1 Å². The number of carbonyl (C=O) groups is 2. The van der Waals surface area contributed by atoms with Gasteiger partial charge in [-0.3, -0.25) is 9.59 Å². The average molecular weight is 552 g/mol. The molecule has 36 heavy (non-hydrogen) atoms. The molecule has 1 aromatic heterocycles. The Balaban J connectivity index is 1.70. The molecular weight excluding hydrogens is 525 g/mol. The van der Waals surface area contributed by atoms with Crippen molar-refractivity contribution in [3.8, 4) is 5.75 Å². The summed E-state index contributed by atoms with van der Waals surface area (Å²) in [4.78, 5) is 25.3. The van der Waals surface area contributed by atoms with Crippen LogP contribution in [0.1, 0.15) is 35.6 Å². The number of halogens is 2. The zero-order valence-corrected chi connectivity index (χ0v) is 22.5. The summed E-state index contributed by atoms with van der Waals surface area (Å²) >= 11 is 8.68. The molecule has 0 aliphatic rings. The molecule has 1 unspecified atom stereocenters. The summed E-state index contributed by atoms with van der Waals surface area (Å²) in [6.45, 7) is 2.52. The first-order chi connectivity index (χ1) is 17.4. The van der Waals surface area contributed by atoms with Crippen LogP contribution >= 0.6 is 35.1 Å². The fourth-order valence-corrected chi connectivity index (χ4v) is 4.81. The quantitative estimate of drug-likeness (QED) is 0.304. The molecule has 0 fully saturated rings. The van der Waals surface area contributed by atoms with Crippen LogP contribution in [0.5, 0.6) is 5.75 Å². The Labute approximate surface area is 222 Å². The Bertz CT molecular complexity index is 1190. The van der Waals surface area contributed by atoms with Crippen molar-refractivity contribution in [2.75, 3.05) is 30.2 Å². The third-order valence-electron chi connectivity index (χ3n) is 5.18. The number of ether oxygens (including phenoxy) is 1. The molecule has 192 valence electrons. The van der Waals surface area contributed by atoms with Crippen molar-refractivity contribution in [3.63, 3.8) is 0 Å². The minimum atomic E-state index is -0.553. The van der Waals surface area contributed by atoms with E-state index in [-0.39, 0.29) is 28.6 Å². The van der Waals surface area contributed by atoms with Crippen molar-refractivity contribution in [1.29, 1.82) is 0 Å². The van der Waals surface area contributed by atoms with Crippen LogP contribution in [-0.2, 0) is 11.3 Å². The topological polar surface area (TPSA) is 98.1 Å². The van der Waals surface area contributed by atoms with Crippen LogP contribution in [0.3, 0.4) is 0 Å². The molecule has 8 nitrogen and oxygen atoms in total. The van der Waals surface area contributed by atoms with E-state index in [9.17, 15) is 14.0 Å². The average Bonchev–Trinajstić information content (AvgIpc) is 3.30. The molecule has 3 aromatic rings. The second kappa shape index (κ2) is 13.5. The van der Waals surface area contributed by atoms with Gasteiger partial charge in [0.05, 0.1) is 23.9 Å². The number of aromatic nitrogens is 3. The second-order valence-corrected chi connectivity index (χ2v) is 9.92. The lowest BCUT2D eigenvalue weighted by atomic mass is 10.1. The highest BCUT2D eigenvalue weighted by molar-refractivity contribution is 7.99. The van der Waals surface area contributed by atoms with Crippen LogP contribution in [0.15, 0.2) is 47.6 Å². The standard InChI is InChI=1S/C24H27ClFN5O3S2/c1-4-31-22(20(11-12-35-3)28-23(33)15-5-8-17(34-2)9-6-15)29-30-24(31)36-14-21(32)27-16-7-10-19(26)18(25)13-16/h5-10,13,20H,4,11-12,14H2,1-3H3,(H,27,32)(H,28,33). The lowest BCUT2D eigenvalue weighted by Gasteiger charge is -2.19. The van der Waals surface area contributed by atoms with Gasteiger partial charge in [0, 0.05) is 17.8 Å². The van der Waals surface area contributed by atoms with Gasteiger partial charge in [0.2, 0.25) is 5.91 Å². The van der Waals surface area contributed by atoms with E-state index in [2.05, 4.69) is 20.8 Å². The number of amides is 2. The Morgan fingerprint density at radius 2 is 1.94 bits per heavy atom. The Kier molecular flexibility index (Phi) is 10.4. The molecule has 0 spiro atoms. The number of methoxy groups -OCH3 is 1. The Hall–Kier alpha value is -2.76. The minimum absolute atomic E-state index is 0.0659. The lowest BCUT2D eigenvalue weighted by molar-refractivity contribution is -0.113. The number of nitrogens with one attached hydrogen (secondary N) is 2. The van der Waals surface area contributed by atoms with E-state index in [0.717, 1.165) is 5.75 Å². The summed E-state index contributed by atoms with van der Waals surface area (Å²) in [7, 11) is 1.57. The van der Waals surface area contributed by atoms with Crippen LogP contribution in [0.25, 0.3) is 0 Å². The number of benzene rings is 2. The molecule has 0 aliphatic heterocycles. The first-order valence-electron chi connectivity index (χ1n) is 11.1. The second-order valence-electron chi connectivity index (χ2n) is 7.59. The van der Waals surface area contributed by atoms with E-state index >= 15 is 0 Å². The molecule has 1 atom stereocenters. The van der Waals surface area contributed by atoms with Crippen molar-refractivity contribution in [2.45, 2.75) is 31.1 Å². The summed E-state index contributed by atoms with van der Waals surface area (Å²) in [5, 5.41) is 14.9. The first-order valence-corrected chi connectivity index (χ1v) is 13.9. The highest BCUT2D eigenvalue weighted by Crippen LogP contribution is 2.25. The van der Waals surface area contributed by atoms with Gasteiger partial charge in [-0.1, -0.05) is 23.4 Å². The van der Waals surface area contributed by atoms with Crippen molar-refractivity contribution >= 4 is 52.6 Å². The molecule has 2 amide bonds. The molecule has 0 aliphatic carbocycles. The molecule has 2 aromatic carbocycles. The normalized spacial score (nSPS) is 11.7. The number of thioether (sulfide) groups is 2. The smallest absolute Gasteiger partial charge is 0.251 e. The fourth-order valence-electron chi connectivity index (χ4n) is 3.35. The van der Waals surface area contributed by atoms with Crippen LogP contribution in [0.2, 0.25) is 5.02 Å². The predicted molar refractivity (Wildman–Crippen MR) is 143 cm³/mol. The Morgan fingerprint density at radius 3 is 2.58 bits per heavy atom. The van der Waals surface area contributed by atoms with Gasteiger partial charge in [-0.2, -0.15) is 11.8 Å². The van der Waals surface area contributed by atoms with Crippen molar-refractivity contribution < 1.29 is 18.7 Å². The summed E-state index contributed by atoms with van der Waals surface area (Å²) in [6, 6.07) is 10.5. The molecule has 0 radical (unpaired) electrons. The van der Waals surface area contributed by atoms with Gasteiger partial charge < -0.3 is 19.9 Å². The van der Waals surface area contributed by atoms with E-state index in [1.54, 1.807) is 43.1 Å². The van der Waals surface area contributed by atoms with Gasteiger partial charge in [-0.05, 0) is 67.8 Å². The van der Waals surface area contributed by atoms with Crippen LogP contribution in [-0.4, -0.2) is 51.5 Å². The summed E-state index contributed by atoms with van der Waals surface area (Å²) in [5.41, 5.74) is 0.919. The molecule has 1 heterocycles. The zero-order valence-electron chi connectivity index (χ0n) is 20.1. The number of hydrogen-bond donors (Lipinski definition) is 2. The van der Waals surface area contributed by atoms with Crippen molar-refractivity contribution in [2.24, 2.45) is 0 Å². The molecule has 0 saturated heterocycles. The van der Waals surface area contributed by atoms with Crippen molar-refractivity contribution in [3.05, 3.63) is 64.7 Å². The summed E-state index contributed by atoms with van der Waals surface area (Å²) in [6.07, 6.45) is 2.67. The maximum absolute atomic E-state index is 13.3. The molecule has 2 N–H and O–H groups in total. The SMILES string of the molecule is CCn1c(SCC(=O)Nc2ccc(F)c(Cl)c2)nnc1C(CCSC)NC(=O)c1ccc(OC)cc1. The van der Waals surface area contributed by atoms with E-state index in [4.69, 9.17) is 16.3 Å². The van der Waals surface area contributed by atoms with Gasteiger partial charge in [-0.25, -0.2) is 4.39 Å². The monoisotopic (exact) mass is 551 g/mol. The van der Waals surface area contributed by atoms with Gasteiger partial charge in [0.1, 0.15) is 11.6 Å². The molecule has 12 heteroatoms. The van der Waals surface area contributed by atoms with Crippen LogP contribution in [0, 0.1) is 5.82 Å². The zero-order chi connectivity index (χ0) is 26.1. The Morgan fingerprint density at radius 1 is 1.19 bits per heavy atom. The van der Waals surface area contributed by atoms with Gasteiger partial charge in [-0.15, -0.1) is 10.2 Å². The number of hydrogen-bond acceptors (Lipinski definition) is 7. The van der Waals surface area contributed by atoms with E-state index in [1.807, 2.05) is 17.7 Å². The number of anilines is 1. The van der Waals surface area contributed by atoms with Gasteiger partial charge in [0.15, 0.2) is 11.0 Å². The van der Waals surface area contributed by atoms with Crippen molar-refractivity contribution in [1.82, 2.24) is 20.1 Å².